The highest BCUT2D eigenvalue weighted by atomic mass is 32.2. The molecule has 0 aromatic heterocycles. The van der Waals surface area contributed by atoms with Crippen LogP contribution in [0.25, 0.3) is 0 Å². The van der Waals surface area contributed by atoms with Crippen molar-refractivity contribution >= 4 is 21.8 Å². The van der Waals surface area contributed by atoms with Gasteiger partial charge in [-0.25, -0.2) is 13.1 Å². The van der Waals surface area contributed by atoms with Gasteiger partial charge in [-0.05, 0) is 32.9 Å². The minimum absolute atomic E-state index is 0.00312. The summed E-state index contributed by atoms with van der Waals surface area (Å²) in [5.74, 6) is 0.808. The first kappa shape index (κ1) is 14.3. The molecule has 1 aliphatic rings. The van der Waals surface area contributed by atoms with Crippen LogP contribution in [0.1, 0.15) is 26.7 Å². The standard InChI is InChI=1S/C10H22N2O2S2/c1-8(7-15-3)12-16(13,14)9(2)6-11-10-4-5-10/h8-12H,4-7H2,1-3H3. The molecule has 2 N–H and O–H groups in total. The van der Waals surface area contributed by atoms with E-state index in [2.05, 4.69) is 10.0 Å². The summed E-state index contributed by atoms with van der Waals surface area (Å²) in [6.45, 7) is 4.20. The van der Waals surface area contributed by atoms with Crippen molar-refractivity contribution in [3.05, 3.63) is 0 Å². The lowest BCUT2D eigenvalue weighted by Gasteiger charge is -2.18. The molecule has 0 aromatic carbocycles. The van der Waals surface area contributed by atoms with Gasteiger partial charge in [-0.1, -0.05) is 0 Å². The van der Waals surface area contributed by atoms with Gasteiger partial charge in [0.05, 0.1) is 5.25 Å². The monoisotopic (exact) mass is 266 g/mol. The Hall–Kier alpha value is 0.220. The molecule has 1 saturated carbocycles. The summed E-state index contributed by atoms with van der Waals surface area (Å²) in [5.41, 5.74) is 0. The first-order valence-corrected chi connectivity index (χ1v) is 8.63. The zero-order valence-corrected chi connectivity index (χ0v) is 11.8. The third-order valence-corrected chi connectivity index (χ3v) is 5.37. The van der Waals surface area contributed by atoms with E-state index in [0.29, 0.717) is 12.6 Å². The molecular weight excluding hydrogens is 244 g/mol. The van der Waals surface area contributed by atoms with Crippen LogP contribution in [0.5, 0.6) is 0 Å². The third kappa shape index (κ3) is 5.03. The second-order valence-electron chi connectivity index (χ2n) is 4.51. The molecule has 0 saturated heterocycles. The molecule has 1 rings (SSSR count). The number of hydrogen-bond donors (Lipinski definition) is 2. The summed E-state index contributed by atoms with van der Waals surface area (Å²) in [4.78, 5) is 0. The second-order valence-corrected chi connectivity index (χ2v) is 7.55. The van der Waals surface area contributed by atoms with E-state index < -0.39 is 10.0 Å². The maximum absolute atomic E-state index is 11.9. The van der Waals surface area contributed by atoms with Gasteiger partial charge < -0.3 is 5.32 Å². The zero-order valence-electron chi connectivity index (χ0n) is 10.2. The molecule has 6 heteroatoms. The number of thioether (sulfide) groups is 1. The van der Waals surface area contributed by atoms with E-state index in [4.69, 9.17) is 0 Å². The normalized spacial score (nSPS) is 20.7. The van der Waals surface area contributed by atoms with Gasteiger partial charge in [-0.15, -0.1) is 0 Å². The van der Waals surface area contributed by atoms with Crippen LogP contribution in [0, 0.1) is 0 Å². The van der Waals surface area contributed by atoms with E-state index in [1.54, 1.807) is 18.7 Å². The van der Waals surface area contributed by atoms with Crippen LogP contribution >= 0.6 is 11.8 Å². The molecule has 0 radical (unpaired) electrons. The van der Waals surface area contributed by atoms with E-state index in [1.807, 2.05) is 13.2 Å². The lowest BCUT2D eigenvalue weighted by Crippen LogP contribution is -2.43. The Labute approximate surface area is 103 Å². The smallest absolute Gasteiger partial charge is 0.215 e. The van der Waals surface area contributed by atoms with Crippen molar-refractivity contribution in [2.75, 3.05) is 18.6 Å². The van der Waals surface area contributed by atoms with Crippen molar-refractivity contribution in [1.82, 2.24) is 10.0 Å². The zero-order chi connectivity index (χ0) is 12.2. The van der Waals surface area contributed by atoms with Crippen molar-refractivity contribution in [3.63, 3.8) is 0 Å². The molecule has 16 heavy (non-hydrogen) atoms. The predicted molar refractivity (Wildman–Crippen MR) is 70.4 cm³/mol. The van der Waals surface area contributed by atoms with Crippen molar-refractivity contribution < 1.29 is 8.42 Å². The van der Waals surface area contributed by atoms with Crippen LogP contribution in [-0.2, 0) is 10.0 Å². The molecule has 0 aliphatic heterocycles. The summed E-state index contributed by atoms with van der Waals surface area (Å²) in [6.07, 6.45) is 4.34. The fourth-order valence-electron chi connectivity index (χ4n) is 1.41. The van der Waals surface area contributed by atoms with Crippen LogP contribution < -0.4 is 10.0 Å². The second kappa shape index (κ2) is 6.23. The van der Waals surface area contributed by atoms with Crippen LogP contribution in [0.2, 0.25) is 0 Å². The topological polar surface area (TPSA) is 58.2 Å². The highest BCUT2D eigenvalue weighted by molar-refractivity contribution is 7.98. The van der Waals surface area contributed by atoms with E-state index in [0.717, 1.165) is 5.75 Å². The van der Waals surface area contributed by atoms with Crippen molar-refractivity contribution in [3.8, 4) is 0 Å². The molecule has 2 unspecified atom stereocenters. The Kier molecular flexibility index (Phi) is 5.56. The molecule has 96 valence electrons. The van der Waals surface area contributed by atoms with Gasteiger partial charge >= 0.3 is 0 Å². The highest BCUT2D eigenvalue weighted by Crippen LogP contribution is 2.18. The average molecular weight is 266 g/mol. The molecule has 0 bridgehead atoms. The SMILES string of the molecule is CSCC(C)NS(=O)(=O)C(C)CNC1CC1. The number of nitrogens with one attached hydrogen (secondary N) is 2. The van der Waals surface area contributed by atoms with Gasteiger partial charge in [-0.3, -0.25) is 0 Å². The van der Waals surface area contributed by atoms with E-state index in [-0.39, 0.29) is 11.3 Å². The fourth-order valence-corrected chi connectivity index (χ4v) is 3.29. The largest absolute Gasteiger partial charge is 0.313 e. The Balaban J connectivity index is 2.34. The van der Waals surface area contributed by atoms with Crippen molar-refractivity contribution in [1.29, 1.82) is 0 Å². The fraction of sp³-hybridized carbons (Fsp3) is 1.00. The first-order valence-electron chi connectivity index (χ1n) is 5.69. The molecule has 1 aliphatic carbocycles. The average Bonchev–Trinajstić information content (AvgIpc) is 2.96. The molecular formula is C10H22N2O2S2. The Bertz CT molecular complexity index is 302. The number of sulfonamides is 1. The van der Waals surface area contributed by atoms with Crippen LogP contribution in [-0.4, -0.2) is 44.3 Å². The highest BCUT2D eigenvalue weighted by Gasteiger charge is 2.26. The Morgan fingerprint density at radius 2 is 2.00 bits per heavy atom. The lowest BCUT2D eigenvalue weighted by molar-refractivity contribution is 0.548. The molecule has 4 nitrogen and oxygen atoms in total. The summed E-state index contributed by atoms with van der Waals surface area (Å²) in [6, 6.07) is 0.560. The molecule has 0 spiro atoms. The van der Waals surface area contributed by atoms with E-state index in [1.165, 1.54) is 12.8 Å². The molecule has 0 heterocycles. The van der Waals surface area contributed by atoms with Crippen molar-refractivity contribution in [2.24, 2.45) is 0 Å². The Morgan fingerprint density at radius 3 is 2.50 bits per heavy atom. The van der Waals surface area contributed by atoms with Gasteiger partial charge in [0.1, 0.15) is 0 Å². The molecule has 0 amide bonds. The van der Waals surface area contributed by atoms with Gasteiger partial charge in [-0.2, -0.15) is 11.8 Å². The van der Waals surface area contributed by atoms with Gasteiger partial charge in [0, 0.05) is 24.4 Å². The predicted octanol–water partition coefficient (Wildman–Crippen LogP) is 0.798. The molecule has 2 atom stereocenters. The van der Waals surface area contributed by atoms with Crippen LogP contribution in [0.4, 0.5) is 0 Å². The van der Waals surface area contributed by atoms with E-state index in [9.17, 15) is 8.42 Å². The van der Waals surface area contributed by atoms with Gasteiger partial charge in [0.25, 0.3) is 0 Å². The summed E-state index contributed by atoms with van der Waals surface area (Å²) >= 11 is 1.65. The van der Waals surface area contributed by atoms with Crippen molar-refractivity contribution in [2.45, 2.75) is 44.0 Å². The maximum atomic E-state index is 11.9. The molecule has 0 aromatic rings. The summed E-state index contributed by atoms with van der Waals surface area (Å²) in [7, 11) is -3.18. The number of rotatable bonds is 8. The van der Waals surface area contributed by atoms with Crippen LogP contribution in [0.15, 0.2) is 0 Å². The lowest BCUT2D eigenvalue weighted by atomic mass is 10.4. The minimum atomic E-state index is -3.18. The van der Waals surface area contributed by atoms with Gasteiger partial charge in [0.15, 0.2) is 0 Å². The third-order valence-electron chi connectivity index (χ3n) is 2.58. The van der Waals surface area contributed by atoms with Crippen LogP contribution in [0.3, 0.4) is 0 Å². The number of hydrogen-bond acceptors (Lipinski definition) is 4. The Morgan fingerprint density at radius 1 is 1.38 bits per heavy atom. The maximum Gasteiger partial charge on any atom is 0.215 e. The summed E-state index contributed by atoms with van der Waals surface area (Å²) in [5, 5.41) is 2.88. The van der Waals surface area contributed by atoms with E-state index >= 15 is 0 Å². The quantitative estimate of drug-likeness (QED) is 0.682. The molecule has 1 fully saturated rings. The minimum Gasteiger partial charge on any atom is -0.313 e. The van der Waals surface area contributed by atoms with Gasteiger partial charge in [0.2, 0.25) is 10.0 Å². The summed E-state index contributed by atoms with van der Waals surface area (Å²) < 4.78 is 26.5. The first-order chi connectivity index (χ1) is 7.45.